The summed E-state index contributed by atoms with van der Waals surface area (Å²) in [4.78, 5) is 18.9. The van der Waals surface area contributed by atoms with E-state index in [1.54, 1.807) is 11.3 Å². The Kier molecular flexibility index (Phi) is 4.91. The number of amides is 1. The summed E-state index contributed by atoms with van der Waals surface area (Å²) in [6.45, 7) is 6.90. The van der Waals surface area contributed by atoms with Gasteiger partial charge >= 0.3 is 0 Å². The van der Waals surface area contributed by atoms with Crippen LogP contribution in [0.3, 0.4) is 0 Å². The van der Waals surface area contributed by atoms with Crippen molar-refractivity contribution in [2.45, 2.75) is 32.7 Å². The van der Waals surface area contributed by atoms with E-state index >= 15 is 0 Å². The van der Waals surface area contributed by atoms with Gasteiger partial charge in [-0.15, -0.1) is 11.3 Å². The summed E-state index contributed by atoms with van der Waals surface area (Å²) in [5, 5.41) is 2.11. The maximum Gasteiger partial charge on any atom is 0.255 e. The molecule has 2 aromatic rings. The molecule has 25 heavy (non-hydrogen) atoms. The summed E-state index contributed by atoms with van der Waals surface area (Å²) in [5.41, 5.74) is 3.69. The summed E-state index contributed by atoms with van der Waals surface area (Å²) >= 11 is 1.79. The first-order valence-corrected chi connectivity index (χ1v) is 10.2. The first-order chi connectivity index (χ1) is 12.2. The van der Waals surface area contributed by atoms with Crippen LogP contribution >= 0.6 is 11.3 Å². The first-order valence-electron chi connectivity index (χ1n) is 9.35. The van der Waals surface area contributed by atoms with Crippen molar-refractivity contribution in [2.75, 3.05) is 26.2 Å². The standard InChI is InChI=1S/C21H26N2OS/c1-16-7-8-18-19(15-25-20(18)13-16)21(24)23-11-9-22(10-12-23)14-17-5-3-2-4-6-17/h2-6,15-16H,7-14H2,1H3/t16-/m1/s1. The van der Waals surface area contributed by atoms with Crippen molar-refractivity contribution in [3.8, 4) is 0 Å². The highest BCUT2D eigenvalue weighted by Gasteiger charge is 2.27. The lowest BCUT2D eigenvalue weighted by Crippen LogP contribution is -2.48. The minimum Gasteiger partial charge on any atom is -0.336 e. The number of benzene rings is 1. The molecule has 2 aliphatic rings. The molecule has 4 rings (SSSR count). The fourth-order valence-electron chi connectivity index (χ4n) is 3.98. The van der Waals surface area contributed by atoms with E-state index in [0.29, 0.717) is 0 Å². The van der Waals surface area contributed by atoms with E-state index in [4.69, 9.17) is 0 Å². The molecule has 1 saturated heterocycles. The van der Waals surface area contributed by atoms with E-state index in [9.17, 15) is 4.79 Å². The molecule has 0 bridgehead atoms. The second-order valence-corrected chi connectivity index (χ2v) is 8.42. The van der Waals surface area contributed by atoms with Crippen molar-refractivity contribution in [1.29, 1.82) is 0 Å². The van der Waals surface area contributed by atoms with Crippen LogP contribution in [0.1, 0.15) is 39.7 Å². The molecule has 1 aliphatic heterocycles. The van der Waals surface area contributed by atoms with Crippen molar-refractivity contribution >= 4 is 17.2 Å². The Bertz CT molecular complexity index is 732. The van der Waals surface area contributed by atoms with Crippen molar-refractivity contribution in [2.24, 2.45) is 5.92 Å². The van der Waals surface area contributed by atoms with Crippen molar-refractivity contribution in [3.63, 3.8) is 0 Å². The smallest absolute Gasteiger partial charge is 0.255 e. The lowest BCUT2D eigenvalue weighted by atomic mass is 9.88. The number of carbonyl (C=O) groups is 1. The molecule has 0 radical (unpaired) electrons. The molecule has 0 spiro atoms. The Balaban J connectivity index is 1.37. The Morgan fingerprint density at radius 3 is 2.68 bits per heavy atom. The summed E-state index contributed by atoms with van der Waals surface area (Å²) in [6, 6.07) is 10.6. The van der Waals surface area contributed by atoms with Crippen LogP contribution in [0.4, 0.5) is 0 Å². The first kappa shape index (κ1) is 16.8. The molecule has 4 heteroatoms. The van der Waals surface area contributed by atoms with Gasteiger partial charge in [0.25, 0.3) is 5.91 Å². The summed E-state index contributed by atoms with van der Waals surface area (Å²) in [5.74, 6) is 1.02. The van der Waals surface area contributed by atoms with Crippen LogP contribution in [0.5, 0.6) is 0 Å². The number of rotatable bonds is 3. The lowest BCUT2D eigenvalue weighted by Gasteiger charge is -2.35. The highest BCUT2D eigenvalue weighted by Crippen LogP contribution is 2.33. The molecule has 0 saturated carbocycles. The number of hydrogen-bond donors (Lipinski definition) is 0. The highest BCUT2D eigenvalue weighted by molar-refractivity contribution is 7.10. The molecule has 1 amide bonds. The summed E-state index contributed by atoms with van der Waals surface area (Å²) in [7, 11) is 0. The molecule has 2 heterocycles. The fraction of sp³-hybridized carbons (Fsp3) is 0.476. The molecule has 1 aromatic heterocycles. The number of piperazine rings is 1. The minimum absolute atomic E-state index is 0.256. The van der Waals surface area contributed by atoms with Gasteiger partial charge in [0.2, 0.25) is 0 Å². The van der Waals surface area contributed by atoms with E-state index in [2.05, 4.69) is 52.4 Å². The van der Waals surface area contributed by atoms with Crippen LogP contribution < -0.4 is 0 Å². The molecule has 1 aromatic carbocycles. The number of thiophene rings is 1. The summed E-state index contributed by atoms with van der Waals surface area (Å²) in [6.07, 6.45) is 3.45. The van der Waals surface area contributed by atoms with Crippen LogP contribution in [0.15, 0.2) is 35.7 Å². The van der Waals surface area contributed by atoms with Crippen molar-refractivity contribution in [1.82, 2.24) is 9.80 Å². The zero-order valence-electron chi connectivity index (χ0n) is 14.9. The largest absolute Gasteiger partial charge is 0.336 e. The van der Waals surface area contributed by atoms with Gasteiger partial charge in [-0.1, -0.05) is 37.3 Å². The number of hydrogen-bond acceptors (Lipinski definition) is 3. The fourth-order valence-corrected chi connectivity index (χ4v) is 5.22. The average molecular weight is 355 g/mol. The normalized spacial score (nSPS) is 21.2. The zero-order valence-corrected chi connectivity index (χ0v) is 15.7. The van der Waals surface area contributed by atoms with Gasteiger partial charge < -0.3 is 4.90 Å². The molecule has 1 aliphatic carbocycles. The van der Waals surface area contributed by atoms with E-state index in [1.165, 1.54) is 22.4 Å². The average Bonchev–Trinajstić information content (AvgIpc) is 3.05. The Morgan fingerprint density at radius 2 is 1.92 bits per heavy atom. The molecule has 0 unspecified atom stereocenters. The second kappa shape index (κ2) is 7.30. The second-order valence-electron chi connectivity index (χ2n) is 7.45. The third kappa shape index (κ3) is 3.65. The third-order valence-electron chi connectivity index (χ3n) is 5.54. The predicted molar refractivity (Wildman–Crippen MR) is 103 cm³/mol. The van der Waals surface area contributed by atoms with E-state index in [1.807, 2.05) is 0 Å². The maximum atomic E-state index is 13.0. The van der Waals surface area contributed by atoms with Crippen LogP contribution in [0.25, 0.3) is 0 Å². The Hall–Kier alpha value is -1.65. The molecule has 0 N–H and O–H groups in total. The maximum absolute atomic E-state index is 13.0. The molecule has 3 nitrogen and oxygen atoms in total. The van der Waals surface area contributed by atoms with E-state index < -0.39 is 0 Å². The molecule has 132 valence electrons. The number of nitrogens with zero attached hydrogens (tertiary/aromatic N) is 2. The van der Waals surface area contributed by atoms with Gasteiger partial charge in [0.1, 0.15) is 0 Å². The molecular formula is C21H26N2OS. The SMILES string of the molecule is C[C@@H]1CCc2c(C(=O)N3CCN(Cc4ccccc4)CC3)csc2C1. The van der Waals surface area contributed by atoms with Crippen LogP contribution in [0.2, 0.25) is 0 Å². The highest BCUT2D eigenvalue weighted by atomic mass is 32.1. The van der Waals surface area contributed by atoms with Gasteiger partial charge in [-0.05, 0) is 36.3 Å². The topological polar surface area (TPSA) is 23.6 Å². The minimum atomic E-state index is 0.256. The molecule has 1 fully saturated rings. The molecule has 1 atom stereocenters. The van der Waals surface area contributed by atoms with E-state index in [0.717, 1.165) is 57.0 Å². The van der Waals surface area contributed by atoms with Gasteiger partial charge in [-0.3, -0.25) is 9.69 Å². The Morgan fingerprint density at radius 1 is 1.16 bits per heavy atom. The summed E-state index contributed by atoms with van der Waals surface area (Å²) < 4.78 is 0. The van der Waals surface area contributed by atoms with Crippen LogP contribution in [-0.4, -0.2) is 41.9 Å². The third-order valence-corrected chi connectivity index (χ3v) is 6.59. The Labute approximate surface area is 154 Å². The zero-order chi connectivity index (χ0) is 17.2. The number of carbonyl (C=O) groups excluding carboxylic acids is 1. The van der Waals surface area contributed by atoms with Gasteiger partial charge in [0.15, 0.2) is 0 Å². The van der Waals surface area contributed by atoms with Gasteiger partial charge in [-0.2, -0.15) is 0 Å². The molecular weight excluding hydrogens is 328 g/mol. The monoisotopic (exact) mass is 354 g/mol. The van der Waals surface area contributed by atoms with Crippen LogP contribution in [-0.2, 0) is 19.4 Å². The van der Waals surface area contributed by atoms with Crippen molar-refractivity contribution in [3.05, 3.63) is 57.3 Å². The van der Waals surface area contributed by atoms with Gasteiger partial charge in [-0.25, -0.2) is 0 Å². The quantitative estimate of drug-likeness (QED) is 0.836. The predicted octanol–water partition coefficient (Wildman–Crippen LogP) is 3.83. The van der Waals surface area contributed by atoms with Crippen molar-refractivity contribution < 1.29 is 4.79 Å². The van der Waals surface area contributed by atoms with Gasteiger partial charge in [0.05, 0.1) is 5.56 Å². The van der Waals surface area contributed by atoms with Crippen LogP contribution in [0, 0.1) is 5.92 Å². The van der Waals surface area contributed by atoms with E-state index in [-0.39, 0.29) is 5.91 Å². The van der Waals surface area contributed by atoms with Gasteiger partial charge in [0, 0.05) is 43.0 Å². The number of fused-ring (bicyclic) bond motifs is 1. The lowest BCUT2D eigenvalue weighted by molar-refractivity contribution is 0.0627.